The molecular formula is C25H25N5O2. The molecule has 3 heterocycles. The summed E-state index contributed by atoms with van der Waals surface area (Å²) in [4.78, 5) is 28.5. The quantitative estimate of drug-likeness (QED) is 0.409. The number of nitrogens with zero attached hydrogens (tertiary/aromatic N) is 5. The van der Waals surface area contributed by atoms with E-state index in [-0.39, 0.29) is 11.6 Å². The maximum absolute atomic E-state index is 13.8. The van der Waals surface area contributed by atoms with E-state index in [1.54, 1.807) is 11.7 Å². The lowest BCUT2D eigenvalue weighted by Crippen LogP contribution is -2.26. The van der Waals surface area contributed by atoms with Crippen LogP contribution in [-0.4, -0.2) is 31.2 Å². The summed E-state index contributed by atoms with van der Waals surface area (Å²) in [5, 5.41) is 0.479. The predicted octanol–water partition coefficient (Wildman–Crippen LogP) is 4.88. The molecule has 1 atom stereocenters. The predicted molar refractivity (Wildman–Crippen MR) is 127 cm³/mol. The Kier molecular flexibility index (Phi) is 4.69. The van der Waals surface area contributed by atoms with Crippen molar-refractivity contribution in [2.45, 2.75) is 40.2 Å². The molecule has 0 N–H and O–H groups in total. The van der Waals surface area contributed by atoms with Crippen LogP contribution in [0, 0.1) is 13.8 Å². The number of fused-ring (bicyclic) bond motifs is 4. The number of rotatable bonds is 4. The van der Waals surface area contributed by atoms with Gasteiger partial charge in [-0.3, -0.25) is 13.9 Å². The topological polar surface area (TPSA) is 74.8 Å². The second-order valence-electron chi connectivity index (χ2n) is 8.19. The number of hydrogen-bond donors (Lipinski definition) is 0. The molecule has 0 saturated carbocycles. The van der Waals surface area contributed by atoms with Gasteiger partial charge in [0.1, 0.15) is 22.5 Å². The van der Waals surface area contributed by atoms with E-state index in [1.165, 1.54) is 0 Å². The minimum atomic E-state index is -0.0956. The van der Waals surface area contributed by atoms with Crippen molar-refractivity contribution in [3.63, 3.8) is 0 Å². The van der Waals surface area contributed by atoms with Crippen LogP contribution in [0.2, 0.25) is 0 Å². The molecule has 0 spiro atoms. The molecule has 0 amide bonds. The van der Waals surface area contributed by atoms with Crippen molar-refractivity contribution in [2.24, 2.45) is 0 Å². The normalized spacial score (nSPS) is 12.7. The van der Waals surface area contributed by atoms with E-state index >= 15 is 0 Å². The highest BCUT2D eigenvalue weighted by atomic mass is 16.5. The van der Waals surface area contributed by atoms with E-state index in [9.17, 15) is 4.79 Å². The third-order valence-corrected chi connectivity index (χ3v) is 6.09. The summed E-state index contributed by atoms with van der Waals surface area (Å²) in [6, 6.07) is 13.6. The summed E-state index contributed by atoms with van der Waals surface area (Å²) < 4.78 is 9.34. The van der Waals surface area contributed by atoms with Crippen LogP contribution in [-0.2, 0) is 0 Å². The largest absolute Gasteiger partial charge is 0.495 e. The summed E-state index contributed by atoms with van der Waals surface area (Å²) in [6.07, 6.45) is 0.826. The fourth-order valence-corrected chi connectivity index (χ4v) is 4.31. The maximum atomic E-state index is 13.8. The number of benzene rings is 2. The standard InChI is InChI=1S/C25H25N5O2/c1-6-15(3)29-16(4)26-23-21(25(29)31)22-24(28-18-10-8-7-9-17(18)27-22)30(23)19-13-14(2)11-12-20(19)32-5/h7-13,15H,6H2,1-5H3. The van der Waals surface area contributed by atoms with Gasteiger partial charge in [-0.05, 0) is 57.0 Å². The lowest BCUT2D eigenvalue weighted by molar-refractivity contribution is 0.413. The van der Waals surface area contributed by atoms with E-state index in [1.807, 2.05) is 67.8 Å². The van der Waals surface area contributed by atoms with Crippen LogP contribution in [0.4, 0.5) is 0 Å². The second kappa shape index (κ2) is 7.44. The van der Waals surface area contributed by atoms with Gasteiger partial charge in [0.15, 0.2) is 11.3 Å². The Morgan fingerprint density at radius 3 is 2.41 bits per heavy atom. The Morgan fingerprint density at radius 1 is 1.00 bits per heavy atom. The molecule has 5 aromatic rings. The van der Waals surface area contributed by atoms with Crippen molar-refractivity contribution >= 4 is 33.2 Å². The lowest BCUT2D eigenvalue weighted by Gasteiger charge is -2.16. The molecule has 162 valence electrons. The van der Waals surface area contributed by atoms with E-state index in [0.29, 0.717) is 33.8 Å². The fourth-order valence-electron chi connectivity index (χ4n) is 4.31. The number of aromatic nitrogens is 5. The van der Waals surface area contributed by atoms with Crippen LogP contribution in [0.5, 0.6) is 5.75 Å². The first-order valence-electron chi connectivity index (χ1n) is 10.8. The van der Waals surface area contributed by atoms with Crippen molar-refractivity contribution in [1.29, 1.82) is 0 Å². The van der Waals surface area contributed by atoms with Crippen molar-refractivity contribution in [3.8, 4) is 11.4 Å². The summed E-state index contributed by atoms with van der Waals surface area (Å²) >= 11 is 0. The smallest absolute Gasteiger partial charge is 0.265 e. The summed E-state index contributed by atoms with van der Waals surface area (Å²) in [5.74, 6) is 1.34. The zero-order valence-electron chi connectivity index (χ0n) is 18.9. The highest BCUT2D eigenvalue weighted by molar-refractivity contribution is 6.06. The Morgan fingerprint density at radius 2 is 1.72 bits per heavy atom. The van der Waals surface area contributed by atoms with Crippen molar-refractivity contribution in [2.75, 3.05) is 7.11 Å². The van der Waals surface area contributed by atoms with Gasteiger partial charge in [-0.1, -0.05) is 25.1 Å². The van der Waals surface area contributed by atoms with Gasteiger partial charge in [-0.15, -0.1) is 0 Å². The van der Waals surface area contributed by atoms with Crippen LogP contribution in [0.1, 0.15) is 37.7 Å². The van der Waals surface area contributed by atoms with Crippen LogP contribution >= 0.6 is 0 Å². The summed E-state index contributed by atoms with van der Waals surface area (Å²) in [6.45, 7) is 7.99. The minimum absolute atomic E-state index is 0.0275. The number of para-hydroxylation sites is 2. The zero-order valence-corrected chi connectivity index (χ0v) is 18.9. The second-order valence-corrected chi connectivity index (χ2v) is 8.19. The number of hydrogen-bond acceptors (Lipinski definition) is 5. The first-order chi connectivity index (χ1) is 15.4. The van der Waals surface area contributed by atoms with E-state index in [0.717, 1.165) is 28.7 Å². The molecule has 7 nitrogen and oxygen atoms in total. The summed E-state index contributed by atoms with van der Waals surface area (Å²) in [7, 11) is 1.64. The van der Waals surface area contributed by atoms with Crippen molar-refractivity contribution < 1.29 is 4.74 Å². The Labute approximate surface area is 185 Å². The number of ether oxygens (including phenoxy) is 1. The number of aryl methyl sites for hydroxylation is 2. The summed E-state index contributed by atoms with van der Waals surface area (Å²) in [5.41, 5.74) is 4.94. The molecule has 7 heteroatoms. The molecule has 0 aliphatic rings. The fraction of sp³-hybridized carbons (Fsp3) is 0.280. The Hall–Kier alpha value is -3.74. The Bertz CT molecular complexity index is 1560. The van der Waals surface area contributed by atoms with Crippen molar-refractivity contribution in [1.82, 2.24) is 24.1 Å². The van der Waals surface area contributed by atoms with Crippen LogP contribution in [0.15, 0.2) is 47.3 Å². The minimum Gasteiger partial charge on any atom is -0.495 e. The zero-order chi connectivity index (χ0) is 22.6. The van der Waals surface area contributed by atoms with Crippen LogP contribution in [0.3, 0.4) is 0 Å². The maximum Gasteiger partial charge on any atom is 0.265 e. The molecule has 1 unspecified atom stereocenters. The van der Waals surface area contributed by atoms with E-state index in [4.69, 9.17) is 19.7 Å². The molecular weight excluding hydrogens is 402 g/mol. The average molecular weight is 428 g/mol. The van der Waals surface area contributed by atoms with Gasteiger partial charge >= 0.3 is 0 Å². The first-order valence-corrected chi connectivity index (χ1v) is 10.8. The van der Waals surface area contributed by atoms with Gasteiger partial charge < -0.3 is 4.74 Å². The molecule has 0 aliphatic heterocycles. The monoisotopic (exact) mass is 427 g/mol. The van der Waals surface area contributed by atoms with Crippen LogP contribution in [0.25, 0.3) is 38.9 Å². The molecule has 0 radical (unpaired) electrons. The molecule has 0 saturated heterocycles. The SMILES string of the molecule is CCC(C)n1c(C)nc2c(c1=O)c1nc3ccccc3nc1n2-c1cc(C)ccc1OC. The molecule has 0 fully saturated rings. The molecule has 0 aliphatic carbocycles. The van der Waals surface area contributed by atoms with Gasteiger partial charge in [0.25, 0.3) is 5.56 Å². The first kappa shape index (κ1) is 20.2. The molecule has 0 bridgehead atoms. The average Bonchev–Trinajstić information content (AvgIpc) is 3.09. The lowest BCUT2D eigenvalue weighted by atomic mass is 10.2. The highest BCUT2D eigenvalue weighted by Crippen LogP contribution is 2.33. The third-order valence-electron chi connectivity index (χ3n) is 6.09. The molecule has 3 aromatic heterocycles. The van der Waals surface area contributed by atoms with Gasteiger partial charge in [0.05, 0.1) is 23.8 Å². The molecule has 32 heavy (non-hydrogen) atoms. The number of methoxy groups -OCH3 is 1. The van der Waals surface area contributed by atoms with Gasteiger partial charge in [-0.2, -0.15) is 0 Å². The van der Waals surface area contributed by atoms with Gasteiger partial charge in [0.2, 0.25) is 0 Å². The van der Waals surface area contributed by atoms with Crippen LogP contribution < -0.4 is 10.3 Å². The van der Waals surface area contributed by atoms with Crippen molar-refractivity contribution in [3.05, 3.63) is 64.2 Å². The van der Waals surface area contributed by atoms with Gasteiger partial charge in [0, 0.05) is 6.04 Å². The van der Waals surface area contributed by atoms with Gasteiger partial charge in [-0.25, -0.2) is 15.0 Å². The molecule has 2 aromatic carbocycles. The van der Waals surface area contributed by atoms with E-state index in [2.05, 4.69) is 6.92 Å². The highest BCUT2D eigenvalue weighted by Gasteiger charge is 2.24. The van der Waals surface area contributed by atoms with E-state index < -0.39 is 0 Å². The molecule has 5 rings (SSSR count). The Balaban J connectivity index is 2.04. The third kappa shape index (κ3) is 2.88.